The Labute approximate surface area is 123 Å². The van der Waals surface area contributed by atoms with Gasteiger partial charge in [0.25, 0.3) is 0 Å². The average Bonchev–Trinajstić information content (AvgIpc) is 2.89. The van der Waals surface area contributed by atoms with Crippen LogP contribution in [0.25, 0.3) is 0 Å². The number of esters is 1. The van der Waals surface area contributed by atoms with E-state index in [0.717, 1.165) is 16.0 Å². The van der Waals surface area contributed by atoms with Gasteiger partial charge in [-0.25, -0.2) is 0 Å². The molecule has 0 unspecified atom stereocenters. The van der Waals surface area contributed by atoms with Crippen LogP contribution in [0.15, 0.2) is 35.7 Å². The lowest BCUT2D eigenvalue weighted by Crippen LogP contribution is -2.01. The van der Waals surface area contributed by atoms with Gasteiger partial charge in [0.05, 0.1) is 12.0 Å². The Hall–Kier alpha value is -2.05. The van der Waals surface area contributed by atoms with Crippen molar-refractivity contribution in [3.8, 4) is 11.8 Å². The van der Waals surface area contributed by atoms with Crippen LogP contribution in [0.3, 0.4) is 0 Å². The van der Waals surface area contributed by atoms with E-state index in [-0.39, 0.29) is 5.97 Å². The fourth-order valence-corrected chi connectivity index (χ4v) is 2.51. The normalized spacial score (nSPS) is 9.70. The van der Waals surface area contributed by atoms with Crippen LogP contribution in [0.1, 0.15) is 28.0 Å². The lowest BCUT2D eigenvalue weighted by molar-refractivity contribution is -0.140. The van der Waals surface area contributed by atoms with Crippen LogP contribution in [0.4, 0.5) is 0 Å². The highest BCUT2D eigenvalue weighted by Crippen LogP contribution is 2.14. The van der Waals surface area contributed by atoms with Crippen molar-refractivity contribution in [1.82, 2.24) is 0 Å². The van der Waals surface area contributed by atoms with Crippen molar-refractivity contribution in [1.29, 1.82) is 0 Å². The molecule has 0 N–H and O–H groups in total. The van der Waals surface area contributed by atoms with Crippen LogP contribution < -0.4 is 0 Å². The monoisotopic (exact) mass is 284 g/mol. The SMILES string of the molecule is COC(=O)CCc1ccc(C#Cc2sccc2C)cc1. The number of carbonyl (C=O) groups excluding carboxylic acids is 1. The van der Waals surface area contributed by atoms with Gasteiger partial charge in [0.15, 0.2) is 0 Å². The second-order valence-corrected chi connectivity index (χ2v) is 5.37. The van der Waals surface area contributed by atoms with Gasteiger partial charge in [-0.1, -0.05) is 24.0 Å². The first kappa shape index (κ1) is 14.4. The third-order valence-electron chi connectivity index (χ3n) is 2.98. The first-order valence-corrected chi connectivity index (χ1v) is 7.29. The molecule has 2 nitrogen and oxygen atoms in total. The van der Waals surface area contributed by atoms with Crippen molar-refractivity contribution in [3.05, 3.63) is 57.3 Å². The molecular weight excluding hydrogens is 268 g/mol. The summed E-state index contributed by atoms with van der Waals surface area (Å²) in [4.78, 5) is 12.2. The minimum Gasteiger partial charge on any atom is -0.469 e. The molecule has 0 aliphatic rings. The Morgan fingerprint density at radius 1 is 1.20 bits per heavy atom. The van der Waals surface area contributed by atoms with Gasteiger partial charge in [-0.15, -0.1) is 11.3 Å². The number of hydrogen-bond donors (Lipinski definition) is 0. The minimum absolute atomic E-state index is 0.179. The maximum Gasteiger partial charge on any atom is 0.305 e. The van der Waals surface area contributed by atoms with Crippen LogP contribution in [0, 0.1) is 18.8 Å². The molecule has 20 heavy (non-hydrogen) atoms. The van der Waals surface area contributed by atoms with Gasteiger partial charge in [-0.2, -0.15) is 0 Å². The molecule has 0 fully saturated rings. The number of thiophene rings is 1. The predicted octanol–water partition coefficient (Wildman–Crippen LogP) is 3.56. The summed E-state index contributed by atoms with van der Waals surface area (Å²) in [5.41, 5.74) is 3.32. The van der Waals surface area contributed by atoms with Crippen LogP contribution >= 0.6 is 11.3 Å². The molecule has 0 aliphatic carbocycles. The van der Waals surface area contributed by atoms with Gasteiger partial charge in [0, 0.05) is 12.0 Å². The number of hydrogen-bond acceptors (Lipinski definition) is 3. The number of benzene rings is 1. The van der Waals surface area contributed by atoms with E-state index >= 15 is 0 Å². The number of aryl methyl sites for hydroxylation is 2. The lowest BCUT2D eigenvalue weighted by Gasteiger charge is -2.00. The molecule has 0 radical (unpaired) electrons. The molecule has 2 aromatic rings. The number of ether oxygens (including phenoxy) is 1. The predicted molar refractivity (Wildman–Crippen MR) is 81.8 cm³/mol. The fraction of sp³-hybridized carbons (Fsp3) is 0.235. The highest BCUT2D eigenvalue weighted by atomic mass is 32.1. The molecule has 3 heteroatoms. The second-order valence-electron chi connectivity index (χ2n) is 4.46. The molecule has 0 bridgehead atoms. The Balaban J connectivity index is 2.00. The summed E-state index contributed by atoms with van der Waals surface area (Å²) >= 11 is 1.66. The Bertz CT molecular complexity index is 642. The number of rotatable bonds is 3. The molecule has 1 aromatic heterocycles. The molecule has 0 saturated heterocycles. The zero-order valence-electron chi connectivity index (χ0n) is 11.6. The van der Waals surface area contributed by atoms with Crippen molar-refractivity contribution < 1.29 is 9.53 Å². The third kappa shape index (κ3) is 3.97. The number of carbonyl (C=O) groups is 1. The van der Waals surface area contributed by atoms with Gasteiger partial charge in [-0.05, 0) is 48.1 Å². The molecular formula is C17H16O2S. The van der Waals surface area contributed by atoms with E-state index in [2.05, 4.69) is 34.9 Å². The zero-order valence-corrected chi connectivity index (χ0v) is 12.4. The minimum atomic E-state index is -0.179. The Morgan fingerprint density at radius 3 is 2.55 bits per heavy atom. The maximum atomic E-state index is 11.1. The molecule has 1 heterocycles. The summed E-state index contributed by atoms with van der Waals surface area (Å²) in [7, 11) is 1.41. The van der Waals surface area contributed by atoms with Crippen LogP contribution in [-0.2, 0) is 16.0 Å². The molecule has 1 aromatic carbocycles. The van der Waals surface area contributed by atoms with Gasteiger partial charge in [-0.3, -0.25) is 4.79 Å². The molecule has 0 spiro atoms. The summed E-state index contributed by atoms with van der Waals surface area (Å²) in [6, 6.07) is 10.1. The highest BCUT2D eigenvalue weighted by molar-refractivity contribution is 7.10. The van der Waals surface area contributed by atoms with Crippen molar-refractivity contribution >= 4 is 17.3 Å². The van der Waals surface area contributed by atoms with E-state index < -0.39 is 0 Å². The molecule has 0 aliphatic heterocycles. The summed E-state index contributed by atoms with van der Waals surface area (Å²) < 4.78 is 4.63. The van der Waals surface area contributed by atoms with Crippen LogP contribution in [-0.4, -0.2) is 13.1 Å². The number of methoxy groups -OCH3 is 1. The van der Waals surface area contributed by atoms with Crippen molar-refractivity contribution in [3.63, 3.8) is 0 Å². The molecule has 0 amide bonds. The average molecular weight is 284 g/mol. The van der Waals surface area contributed by atoms with Gasteiger partial charge in [0.2, 0.25) is 0 Å². The first-order valence-electron chi connectivity index (χ1n) is 6.41. The van der Waals surface area contributed by atoms with Crippen LogP contribution in [0.2, 0.25) is 0 Å². The smallest absolute Gasteiger partial charge is 0.305 e. The third-order valence-corrected chi connectivity index (χ3v) is 3.91. The summed E-state index contributed by atoms with van der Waals surface area (Å²) in [6.07, 6.45) is 1.11. The summed E-state index contributed by atoms with van der Waals surface area (Å²) in [6.45, 7) is 2.07. The standard InChI is InChI=1S/C17H16O2S/c1-13-11-12-20-16(13)9-7-14-3-5-15(6-4-14)8-10-17(18)19-2/h3-6,11-12H,8,10H2,1-2H3. The zero-order chi connectivity index (χ0) is 14.4. The molecule has 0 saturated carbocycles. The first-order chi connectivity index (χ1) is 9.69. The molecule has 0 atom stereocenters. The van der Waals surface area contributed by atoms with Gasteiger partial charge in [0.1, 0.15) is 0 Å². The quantitative estimate of drug-likeness (QED) is 0.636. The maximum absolute atomic E-state index is 11.1. The fourth-order valence-electron chi connectivity index (χ4n) is 1.73. The Kier molecular flexibility index (Phi) is 4.97. The Morgan fingerprint density at radius 2 is 1.95 bits per heavy atom. The van der Waals surface area contributed by atoms with E-state index in [1.807, 2.05) is 24.3 Å². The molecule has 102 valence electrons. The van der Waals surface area contributed by atoms with Gasteiger partial charge >= 0.3 is 5.97 Å². The van der Waals surface area contributed by atoms with Crippen molar-refractivity contribution in [2.45, 2.75) is 19.8 Å². The topological polar surface area (TPSA) is 26.3 Å². The van der Waals surface area contributed by atoms with E-state index in [1.165, 1.54) is 12.7 Å². The van der Waals surface area contributed by atoms with E-state index in [9.17, 15) is 4.79 Å². The summed E-state index contributed by atoms with van der Waals surface area (Å²) in [5.74, 6) is 6.16. The van der Waals surface area contributed by atoms with Crippen molar-refractivity contribution in [2.75, 3.05) is 7.11 Å². The van der Waals surface area contributed by atoms with E-state index in [1.54, 1.807) is 11.3 Å². The largest absolute Gasteiger partial charge is 0.469 e. The highest BCUT2D eigenvalue weighted by Gasteiger charge is 2.01. The molecule has 2 rings (SSSR count). The van der Waals surface area contributed by atoms with Crippen molar-refractivity contribution in [2.24, 2.45) is 0 Å². The summed E-state index contributed by atoms with van der Waals surface area (Å²) in [5, 5.41) is 2.05. The second kappa shape index (κ2) is 6.93. The lowest BCUT2D eigenvalue weighted by atomic mass is 10.1. The van der Waals surface area contributed by atoms with E-state index in [0.29, 0.717) is 12.8 Å². The van der Waals surface area contributed by atoms with Crippen LogP contribution in [0.5, 0.6) is 0 Å². The van der Waals surface area contributed by atoms with E-state index in [4.69, 9.17) is 0 Å². The van der Waals surface area contributed by atoms with Gasteiger partial charge < -0.3 is 4.74 Å².